The van der Waals surface area contributed by atoms with Crippen LogP contribution in [0.2, 0.25) is 0 Å². The number of nitrogens with zero attached hydrogens (tertiary/aromatic N) is 1. The molecule has 1 fully saturated rings. The summed E-state index contributed by atoms with van der Waals surface area (Å²) >= 11 is 0. The highest BCUT2D eigenvalue weighted by Gasteiger charge is 2.23. The Labute approximate surface area is 74.9 Å². The third kappa shape index (κ3) is 2.23. The Balaban J connectivity index is 2.40. The molecule has 2 nitrogen and oxygen atoms in total. The highest BCUT2D eigenvalue weighted by Crippen LogP contribution is 2.17. The van der Waals surface area contributed by atoms with Crippen molar-refractivity contribution in [1.82, 2.24) is 4.90 Å². The van der Waals surface area contributed by atoms with Crippen molar-refractivity contribution in [3.63, 3.8) is 0 Å². The van der Waals surface area contributed by atoms with Gasteiger partial charge in [-0.3, -0.25) is 4.79 Å². The number of rotatable bonds is 3. The fraction of sp³-hybridized carbons (Fsp3) is 0.900. The van der Waals surface area contributed by atoms with E-state index in [-0.39, 0.29) is 0 Å². The molecule has 0 aliphatic carbocycles. The summed E-state index contributed by atoms with van der Waals surface area (Å²) in [7, 11) is 0. The quantitative estimate of drug-likeness (QED) is 0.634. The molecule has 0 aromatic carbocycles. The summed E-state index contributed by atoms with van der Waals surface area (Å²) in [6, 6.07) is 0.484. The van der Waals surface area contributed by atoms with Gasteiger partial charge in [-0.2, -0.15) is 0 Å². The van der Waals surface area contributed by atoms with E-state index in [2.05, 4.69) is 13.8 Å². The van der Waals surface area contributed by atoms with Crippen molar-refractivity contribution in [1.29, 1.82) is 0 Å². The van der Waals surface area contributed by atoms with Gasteiger partial charge in [-0.1, -0.05) is 13.3 Å². The lowest BCUT2D eigenvalue weighted by Crippen LogP contribution is -2.42. The molecule has 0 aromatic heterocycles. The minimum atomic E-state index is 0.363. The highest BCUT2D eigenvalue weighted by atomic mass is 16.2. The third-order valence-corrected chi connectivity index (χ3v) is 2.62. The number of amides is 1. The topological polar surface area (TPSA) is 20.3 Å². The van der Waals surface area contributed by atoms with Gasteiger partial charge in [-0.05, 0) is 26.2 Å². The van der Waals surface area contributed by atoms with E-state index in [1.165, 1.54) is 12.8 Å². The van der Waals surface area contributed by atoms with Crippen LogP contribution in [0.25, 0.3) is 0 Å². The standard InChI is InChI=1S/C10H19NO/c1-3-4-8-11-9(2)6-5-7-10(11)12/h9H,3-8H2,1-2H3. The number of unbranched alkanes of at least 4 members (excludes halogenated alkanes) is 1. The molecule has 2 heteroatoms. The summed E-state index contributed by atoms with van der Waals surface area (Å²) in [5.74, 6) is 0.363. The smallest absolute Gasteiger partial charge is 0.222 e. The fourth-order valence-corrected chi connectivity index (χ4v) is 1.77. The van der Waals surface area contributed by atoms with Gasteiger partial charge >= 0.3 is 0 Å². The van der Waals surface area contributed by atoms with Crippen LogP contribution in [0.3, 0.4) is 0 Å². The van der Waals surface area contributed by atoms with Crippen molar-refractivity contribution in [3.8, 4) is 0 Å². The molecule has 0 N–H and O–H groups in total. The average molecular weight is 169 g/mol. The first-order valence-electron chi connectivity index (χ1n) is 5.05. The predicted octanol–water partition coefficient (Wildman–Crippen LogP) is 2.19. The minimum Gasteiger partial charge on any atom is -0.340 e. The van der Waals surface area contributed by atoms with E-state index >= 15 is 0 Å². The second-order valence-corrected chi connectivity index (χ2v) is 3.68. The van der Waals surface area contributed by atoms with Gasteiger partial charge in [0.05, 0.1) is 0 Å². The second-order valence-electron chi connectivity index (χ2n) is 3.68. The highest BCUT2D eigenvalue weighted by molar-refractivity contribution is 5.77. The molecule has 12 heavy (non-hydrogen) atoms. The molecule has 1 heterocycles. The van der Waals surface area contributed by atoms with Gasteiger partial charge in [0.25, 0.3) is 0 Å². The van der Waals surface area contributed by atoms with Crippen LogP contribution in [0.1, 0.15) is 46.0 Å². The molecular weight excluding hydrogens is 150 g/mol. The van der Waals surface area contributed by atoms with Gasteiger partial charge in [-0.15, -0.1) is 0 Å². The van der Waals surface area contributed by atoms with Crippen molar-refractivity contribution in [2.45, 2.75) is 52.0 Å². The van der Waals surface area contributed by atoms with Gasteiger partial charge < -0.3 is 4.90 Å². The number of piperidine rings is 1. The molecule has 70 valence electrons. The molecule has 0 radical (unpaired) electrons. The normalized spacial score (nSPS) is 24.7. The molecule has 0 spiro atoms. The van der Waals surface area contributed by atoms with Crippen molar-refractivity contribution in [2.24, 2.45) is 0 Å². The van der Waals surface area contributed by atoms with Crippen LogP contribution in [0.5, 0.6) is 0 Å². The third-order valence-electron chi connectivity index (χ3n) is 2.62. The molecule has 1 aliphatic rings. The molecule has 1 rings (SSSR count). The van der Waals surface area contributed by atoms with E-state index in [0.29, 0.717) is 11.9 Å². The molecule has 1 unspecified atom stereocenters. The van der Waals surface area contributed by atoms with E-state index in [9.17, 15) is 4.79 Å². The summed E-state index contributed by atoms with van der Waals surface area (Å²) in [6.45, 7) is 5.29. The molecule has 0 saturated carbocycles. The predicted molar refractivity (Wildman–Crippen MR) is 49.9 cm³/mol. The number of likely N-dealkylation sites (tertiary alicyclic amines) is 1. The number of carbonyl (C=O) groups is 1. The second kappa shape index (κ2) is 4.48. The average Bonchev–Trinajstić information content (AvgIpc) is 2.04. The maximum Gasteiger partial charge on any atom is 0.222 e. The summed E-state index contributed by atoms with van der Waals surface area (Å²) in [4.78, 5) is 13.5. The van der Waals surface area contributed by atoms with E-state index in [4.69, 9.17) is 0 Å². The Morgan fingerprint density at radius 1 is 1.58 bits per heavy atom. The Kier molecular flexibility index (Phi) is 3.57. The molecular formula is C10H19NO. The van der Waals surface area contributed by atoms with Crippen LogP contribution in [-0.2, 0) is 4.79 Å². The van der Waals surface area contributed by atoms with Crippen LogP contribution in [0, 0.1) is 0 Å². The van der Waals surface area contributed by atoms with Gasteiger partial charge in [0, 0.05) is 19.0 Å². The zero-order valence-corrected chi connectivity index (χ0v) is 8.18. The maximum atomic E-state index is 11.4. The van der Waals surface area contributed by atoms with Crippen LogP contribution in [-0.4, -0.2) is 23.4 Å². The van der Waals surface area contributed by atoms with Crippen LogP contribution < -0.4 is 0 Å². The van der Waals surface area contributed by atoms with E-state index in [0.717, 1.165) is 25.8 Å². The zero-order valence-electron chi connectivity index (χ0n) is 8.18. The Morgan fingerprint density at radius 2 is 2.33 bits per heavy atom. The lowest BCUT2D eigenvalue weighted by Gasteiger charge is -2.33. The van der Waals surface area contributed by atoms with Crippen LogP contribution in [0.15, 0.2) is 0 Å². The van der Waals surface area contributed by atoms with Crippen molar-refractivity contribution >= 4 is 5.91 Å². The SMILES string of the molecule is CCCCN1C(=O)CCCC1C. The monoisotopic (exact) mass is 169 g/mol. The molecule has 1 amide bonds. The first-order chi connectivity index (χ1) is 5.75. The first-order valence-corrected chi connectivity index (χ1v) is 5.05. The van der Waals surface area contributed by atoms with E-state index in [1.54, 1.807) is 0 Å². The largest absolute Gasteiger partial charge is 0.340 e. The maximum absolute atomic E-state index is 11.4. The van der Waals surface area contributed by atoms with Gasteiger partial charge in [0.15, 0.2) is 0 Å². The van der Waals surface area contributed by atoms with Crippen molar-refractivity contribution < 1.29 is 4.79 Å². The summed E-state index contributed by atoms with van der Waals surface area (Å²) in [5, 5.41) is 0. The van der Waals surface area contributed by atoms with Crippen LogP contribution >= 0.6 is 0 Å². The minimum absolute atomic E-state index is 0.363. The lowest BCUT2D eigenvalue weighted by molar-refractivity contribution is -0.135. The zero-order chi connectivity index (χ0) is 8.97. The summed E-state index contributed by atoms with van der Waals surface area (Å²) in [5.41, 5.74) is 0. The Morgan fingerprint density at radius 3 is 2.92 bits per heavy atom. The van der Waals surface area contributed by atoms with Crippen molar-refractivity contribution in [2.75, 3.05) is 6.54 Å². The molecule has 1 atom stereocenters. The van der Waals surface area contributed by atoms with Gasteiger partial charge in [0.2, 0.25) is 5.91 Å². The molecule has 0 bridgehead atoms. The lowest BCUT2D eigenvalue weighted by atomic mass is 10.0. The number of carbonyl (C=O) groups excluding carboxylic acids is 1. The first kappa shape index (κ1) is 9.56. The summed E-state index contributed by atoms with van der Waals surface area (Å²) in [6.07, 6.45) is 5.37. The van der Waals surface area contributed by atoms with E-state index in [1.807, 2.05) is 4.90 Å². The van der Waals surface area contributed by atoms with E-state index < -0.39 is 0 Å². The number of hydrogen-bond donors (Lipinski definition) is 0. The Hall–Kier alpha value is -0.530. The number of hydrogen-bond acceptors (Lipinski definition) is 1. The molecule has 0 aromatic rings. The molecule has 1 aliphatic heterocycles. The fourth-order valence-electron chi connectivity index (χ4n) is 1.77. The van der Waals surface area contributed by atoms with Gasteiger partial charge in [-0.25, -0.2) is 0 Å². The van der Waals surface area contributed by atoms with Crippen LogP contribution in [0.4, 0.5) is 0 Å². The van der Waals surface area contributed by atoms with Crippen molar-refractivity contribution in [3.05, 3.63) is 0 Å². The summed E-state index contributed by atoms with van der Waals surface area (Å²) < 4.78 is 0. The molecule has 1 saturated heterocycles. The Bertz CT molecular complexity index is 156. The van der Waals surface area contributed by atoms with Gasteiger partial charge in [0.1, 0.15) is 0 Å².